The Labute approximate surface area is 145 Å². The third kappa shape index (κ3) is 3.05. The third-order valence-electron chi connectivity index (χ3n) is 3.57. The van der Waals surface area contributed by atoms with Gasteiger partial charge in [0.2, 0.25) is 0 Å². The number of fused-ring (bicyclic) bond motifs is 1. The molecule has 2 aromatic rings. The summed E-state index contributed by atoms with van der Waals surface area (Å²) >= 11 is 0. The van der Waals surface area contributed by atoms with E-state index in [1.807, 2.05) is 0 Å². The maximum atomic E-state index is 12.4. The topological polar surface area (TPSA) is 110 Å². The minimum absolute atomic E-state index is 0.0463. The number of hydrogen-bond acceptors (Lipinski definition) is 6. The van der Waals surface area contributed by atoms with E-state index in [1.54, 1.807) is 18.2 Å². The molecule has 1 N–H and O–H groups in total. The molecule has 0 saturated carbocycles. The fraction of sp³-hybridized carbons (Fsp3) is 0.133. The molecule has 0 bridgehead atoms. The van der Waals surface area contributed by atoms with Crippen LogP contribution in [0.4, 0.5) is 5.69 Å². The Morgan fingerprint density at radius 2 is 1.72 bits per heavy atom. The summed E-state index contributed by atoms with van der Waals surface area (Å²) in [7, 11) is -7.01. The van der Waals surface area contributed by atoms with Gasteiger partial charge < -0.3 is 4.74 Å². The van der Waals surface area contributed by atoms with Crippen LogP contribution in [0.2, 0.25) is 0 Å². The molecule has 0 radical (unpaired) electrons. The van der Waals surface area contributed by atoms with E-state index in [0.29, 0.717) is 4.31 Å². The molecule has 0 unspecified atom stereocenters. The second-order valence-electron chi connectivity index (χ2n) is 5.20. The Hall–Kier alpha value is -2.59. The summed E-state index contributed by atoms with van der Waals surface area (Å²) in [6, 6.07) is 11.8. The lowest BCUT2D eigenvalue weighted by Gasteiger charge is -2.17. The van der Waals surface area contributed by atoms with E-state index < -0.39 is 31.8 Å². The molecule has 1 amide bonds. The van der Waals surface area contributed by atoms with E-state index in [9.17, 15) is 21.6 Å². The zero-order valence-corrected chi connectivity index (χ0v) is 14.7. The standard InChI is InChI=1S/C15H14N2O6S2/c1-23-13-8-4-3-7-12(13)16-24(19,20)10-17-15(18)11-6-2-5-9-14(11)25(17,21)22/h2-9,16H,10H2,1H3. The summed E-state index contributed by atoms with van der Waals surface area (Å²) in [5.74, 6) is -1.63. The number of anilines is 1. The molecule has 25 heavy (non-hydrogen) atoms. The normalized spacial score (nSPS) is 15.7. The lowest BCUT2D eigenvalue weighted by Crippen LogP contribution is -2.37. The fourth-order valence-corrected chi connectivity index (χ4v) is 5.65. The monoisotopic (exact) mass is 382 g/mol. The molecule has 3 rings (SSSR count). The number of nitrogens with zero attached hydrogens (tertiary/aromatic N) is 1. The molecular formula is C15H14N2O6S2. The van der Waals surface area contributed by atoms with Crippen molar-refractivity contribution >= 4 is 31.6 Å². The largest absolute Gasteiger partial charge is 0.495 e. The molecule has 0 aromatic heterocycles. The van der Waals surface area contributed by atoms with Gasteiger partial charge in [-0.3, -0.25) is 9.52 Å². The summed E-state index contributed by atoms with van der Waals surface area (Å²) in [5, 5.41) is 0. The van der Waals surface area contributed by atoms with Gasteiger partial charge in [0.25, 0.3) is 26.0 Å². The van der Waals surface area contributed by atoms with Crippen molar-refractivity contribution in [1.29, 1.82) is 0 Å². The SMILES string of the molecule is COc1ccccc1NS(=O)(=O)CN1C(=O)c2ccccc2S1(=O)=O. The summed E-state index contributed by atoms with van der Waals surface area (Å²) in [6.07, 6.45) is 0. The molecule has 1 aliphatic heterocycles. The van der Waals surface area contributed by atoms with Crippen LogP contribution in [0.3, 0.4) is 0 Å². The van der Waals surface area contributed by atoms with Crippen LogP contribution < -0.4 is 9.46 Å². The van der Waals surface area contributed by atoms with Crippen LogP contribution in [0, 0.1) is 0 Å². The Kier molecular flexibility index (Phi) is 4.17. The molecule has 10 heteroatoms. The molecule has 0 fully saturated rings. The predicted octanol–water partition coefficient (Wildman–Crippen LogP) is 1.24. The number of ether oxygens (including phenoxy) is 1. The van der Waals surface area contributed by atoms with Crippen LogP contribution in [-0.4, -0.2) is 40.0 Å². The number of para-hydroxylation sites is 2. The zero-order chi connectivity index (χ0) is 18.2. The van der Waals surface area contributed by atoms with Crippen molar-refractivity contribution in [3.8, 4) is 5.75 Å². The highest BCUT2D eigenvalue weighted by Crippen LogP contribution is 2.31. The zero-order valence-electron chi connectivity index (χ0n) is 13.0. The van der Waals surface area contributed by atoms with Gasteiger partial charge in [-0.25, -0.2) is 21.1 Å². The van der Waals surface area contributed by atoms with E-state index in [-0.39, 0.29) is 21.9 Å². The van der Waals surface area contributed by atoms with Gasteiger partial charge in [-0.15, -0.1) is 0 Å². The van der Waals surface area contributed by atoms with Crippen molar-refractivity contribution in [2.75, 3.05) is 17.7 Å². The van der Waals surface area contributed by atoms with Crippen molar-refractivity contribution in [3.05, 3.63) is 54.1 Å². The van der Waals surface area contributed by atoms with Crippen LogP contribution in [0.25, 0.3) is 0 Å². The van der Waals surface area contributed by atoms with Gasteiger partial charge in [0.1, 0.15) is 10.6 Å². The minimum Gasteiger partial charge on any atom is -0.495 e. The number of nitrogens with one attached hydrogen (secondary N) is 1. The van der Waals surface area contributed by atoms with Crippen molar-refractivity contribution in [2.24, 2.45) is 0 Å². The second kappa shape index (κ2) is 6.05. The predicted molar refractivity (Wildman–Crippen MR) is 90.2 cm³/mol. The van der Waals surface area contributed by atoms with Crippen LogP contribution in [0.15, 0.2) is 53.4 Å². The molecule has 1 heterocycles. The van der Waals surface area contributed by atoms with Crippen LogP contribution >= 0.6 is 0 Å². The molecule has 8 nitrogen and oxygen atoms in total. The van der Waals surface area contributed by atoms with Crippen LogP contribution in [0.5, 0.6) is 5.75 Å². The summed E-state index contributed by atoms with van der Waals surface area (Å²) < 4.78 is 57.3. The molecular weight excluding hydrogens is 368 g/mol. The summed E-state index contributed by atoms with van der Waals surface area (Å²) in [6.45, 7) is 0. The van der Waals surface area contributed by atoms with Crippen molar-refractivity contribution in [1.82, 2.24) is 4.31 Å². The lowest BCUT2D eigenvalue weighted by atomic mass is 10.2. The average molecular weight is 382 g/mol. The van der Waals surface area contributed by atoms with Gasteiger partial charge in [-0.2, -0.15) is 0 Å². The highest BCUT2D eigenvalue weighted by Gasteiger charge is 2.43. The molecule has 0 atom stereocenters. The smallest absolute Gasteiger partial charge is 0.270 e. The number of carbonyl (C=O) groups excluding carboxylic acids is 1. The van der Waals surface area contributed by atoms with Gasteiger partial charge in [0.15, 0.2) is 5.88 Å². The number of amides is 1. The van der Waals surface area contributed by atoms with E-state index >= 15 is 0 Å². The first-order chi connectivity index (χ1) is 11.8. The average Bonchev–Trinajstić information content (AvgIpc) is 2.76. The van der Waals surface area contributed by atoms with Gasteiger partial charge in [0.05, 0.1) is 18.4 Å². The number of rotatable bonds is 5. The van der Waals surface area contributed by atoms with E-state index in [1.165, 1.54) is 37.4 Å². The maximum Gasteiger partial charge on any atom is 0.270 e. The van der Waals surface area contributed by atoms with E-state index in [4.69, 9.17) is 4.74 Å². The Morgan fingerprint density at radius 1 is 1.08 bits per heavy atom. The number of sulfonamides is 2. The summed E-state index contributed by atoms with van der Waals surface area (Å²) in [5.41, 5.74) is 0.0987. The van der Waals surface area contributed by atoms with Gasteiger partial charge in [-0.1, -0.05) is 24.3 Å². The first kappa shape index (κ1) is 17.2. The second-order valence-corrected chi connectivity index (χ2v) is 8.72. The molecule has 1 aliphatic rings. The first-order valence-corrected chi connectivity index (χ1v) is 10.1. The molecule has 132 valence electrons. The van der Waals surface area contributed by atoms with Crippen LogP contribution in [-0.2, 0) is 20.0 Å². The third-order valence-corrected chi connectivity index (χ3v) is 6.65. The molecule has 2 aromatic carbocycles. The molecule has 0 saturated heterocycles. The van der Waals surface area contributed by atoms with Crippen molar-refractivity contribution < 1.29 is 26.4 Å². The van der Waals surface area contributed by atoms with Crippen molar-refractivity contribution in [3.63, 3.8) is 0 Å². The van der Waals surface area contributed by atoms with Crippen LogP contribution in [0.1, 0.15) is 10.4 Å². The number of benzene rings is 2. The van der Waals surface area contributed by atoms with E-state index in [2.05, 4.69) is 4.72 Å². The Morgan fingerprint density at radius 3 is 2.40 bits per heavy atom. The number of carbonyl (C=O) groups is 1. The summed E-state index contributed by atoms with van der Waals surface area (Å²) in [4.78, 5) is 12.1. The fourth-order valence-electron chi connectivity index (χ4n) is 2.44. The van der Waals surface area contributed by atoms with Gasteiger partial charge in [-0.05, 0) is 24.3 Å². The number of methoxy groups -OCH3 is 1. The highest BCUT2D eigenvalue weighted by molar-refractivity contribution is 7.95. The van der Waals surface area contributed by atoms with Gasteiger partial charge >= 0.3 is 0 Å². The Bertz CT molecular complexity index is 1050. The van der Waals surface area contributed by atoms with Crippen molar-refractivity contribution in [2.45, 2.75) is 4.90 Å². The van der Waals surface area contributed by atoms with E-state index in [0.717, 1.165) is 0 Å². The lowest BCUT2D eigenvalue weighted by molar-refractivity contribution is 0.0885. The maximum absolute atomic E-state index is 12.4. The number of hydrogen-bond donors (Lipinski definition) is 1. The Balaban J connectivity index is 1.91. The molecule has 0 spiro atoms. The quantitative estimate of drug-likeness (QED) is 0.833. The molecule has 0 aliphatic carbocycles. The minimum atomic E-state index is -4.20. The first-order valence-electron chi connectivity index (χ1n) is 7.06. The highest BCUT2D eigenvalue weighted by atomic mass is 32.2. The van der Waals surface area contributed by atoms with Gasteiger partial charge in [0, 0.05) is 0 Å².